The first-order valence-corrected chi connectivity index (χ1v) is 4.96. The molecule has 3 heteroatoms. The van der Waals surface area contributed by atoms with Gasteiger partial charge in [0.15, 0.2) is 0 Å². The van der Waals surface area contributed by atoms with Crippen molar-refractivity contribution in [2.45, 2.75) is 6.42 Å². The Labute approximate surface area is 91.5 Å². The molecular formula is C11H10BrNO. The van der Waals surface area contributed by atoms with Crippen molar-refractivity contribution in [3.8, 4) is 0 Å². The molecule has 14 heavy (non-hydrogen) atoms. The number of rotatable bonds is 4. The highest BCUT2D eigenvalue weighted by molar-refractivity contribution is 9.10. The van der Waals surface area contributed by atoms with Crippen molar-refractivity contribution in [1.82, 2.24) is 0 Å². The van der Waals surface area contributed by atoms with E-state index in [1.807, 2.05) is 24.3 Å². The molecule has 0 amide bonds. The number of nitrogens with zero attached hydrogens (tertiary/aromatic N) is 1. The number of hydrogen-bond acceptors (Lipinski definition) is 2. The predicted molar refractivity (Wildman–Crippen MR) is 60.0 cm³/mol. The van der Waals surface area contributed by atoms with Gasteiger partial charge in [0.1, 0.15) is 0 Å². The number of hydrogen-bond donors (Lipinski definition) is 0. The van der Waals surface area contributed by atoms with Crippen LogP contribution >= 0.6 is 15.9 Å². The third kappa shape index (κ3) is 3.69. The lowest BCUT2D eigenvalue weighted by Gasteiger charge is -2.02. The Hall–Kier alpha value is -1.18. The summed E-state index contributed by atoms with van der Waals surface area (Å²) < 4.78 is 1.04. The number of carbonyl (C=O) groups excluding carboxylic acids is 1. The second-order valence-electron chi connectivity index (χ2n) is 2.96. The van der Waals surface area contributed by atoms with Gasteiger partial charge < -0.3 is 0 Å². The highest BCUT2D eigenvalue weighted by Gasteiger charge is 1.97. The first-order chi connectivity index (χ1) is 6.72. The van der Waals surface area contributed by atoms with Gasteiger partial charge in [0.05, 0.1) is 6.54 Å². The average Bonchev–Trinajstić information content (AvgIpc) is 2.15. The Balaban J connectivity index is 2.60. The first kappa shape index (κ1) is 10.9. The third-order valence-electron chi connectivity index (χ3n) is 1.71. The molecule has 0 radical (unpaired) electrons. The van der Waals surface area contributed by atoms with Crippen LogP contribution in [0.1, 0.15) is 5.56 Å². The van der Waals surface area contributed by atoms with Crippen molar-refractivity contribution in [3.63, 3.8) is 0 Å². The minimum Gasteiger partial charge on any atom is -0.211 e. The Morgan fingerprint density at radius 3 is 3.00 bits per heavy atom. The average molecular weight is 252 g/mol. The van der Waals surface area contributed by atoms with Gasteiger partial charge in [0, 0.05) is 4.47 Å². The zero-order valence-corrected chi connectivity index (χ0v) is 9.25. The number of halogens is 1. The molecule has 0 aliphatic carbocycles. The Morgan fingerprint density at radius 1 is 1.57 bits per heavy atom. The lowest BCUT2D eigenvalue weighted by molar-refractivity contribution is 0.563. The van der Waals surface area contributed by atoms with E-state index in [1.54, 1.807) is 0 Å². The Bertz CT molecular complexity index is 381. The van der Waals surface area contributed by atoms with Crippen LogP contribution in [-0.4, -0.2) is 12.6 Å². The Morgan fingerprint density at radius 2 is 2.36 bits per heavy atom. The molecule has 72 valence electrons. The summed E-state index contributed by atoms with van der Waals surface area (Å²) in [4.78, 5) is 13.3. The normalized spacial score (nSPS) is 9.21. The molecule has 0 saturated heterocycles. The standard InChI is InChI=1S/C11H10BrNO/c1-9(7-13-8-14)5-10-3-2-4-11(12)6-10/h2-4,6H,1,5,7H2. The molecule has 0 unspecified atom stereocenters. The van der Waals surface area contributed by atoms with Crippen LogP contribution in [0.2, 0.25) is 0 Å². The lowest BCUT2D eigenvalue weighted by Crippen LogP contribution is -1.92. The van der Waals surface area contributed by atoms with E-state index in [1.165, 1.54) is 6.08 Å². The molecule has 0 fully saturated rings. The second-order valence-corrected chi connectivity index (χ2v) is 3.88. The molecule has 0 atom stereocenters. The van der Waals surface area contributed by atoms with Crippen molar-refractivity contribution in [1.29, 1.82) is 0 Å². The number of isocyanates is 1. The van der Waals surface area contributed by atoms with Gasteiger partial charge in [-0.1, -0.05) is 40.2 Å². The van der Waals surface area contributed by atoms with E-state index in [9.17, 15) is 4.79 Å². The maximum Gasteiger partial charge on any atom is 0.235 e. The fourth-order valence-electron chi connectivity index (χ4n) is 1.14. The minimum absolute atomic E-state index is 0.357. The summed E-state index contributed by atoms with van der Waals surface area (Å²) in [5, 5.41) is 0. The molecule has 2 nitrogen and oxygen atoms in total. The molecule has 1 aromatic carbocycles. The molecule has 0 spiro atoms. The maximum atomic E-state index is 9.88. The molecular weight excluding hydrogens is 242 g/mol. The van der Waals surface area contributed by atoms with Gasteiger partial charge in [-0.3, -0.25) is 0 Å². The van der Waals surface area contributed by atoms with Crippen LogP contribution in [0.5, 0.6) is 0 Å². The van der Waals surface area contributed by atoms with Crippen LogP contribution in [0, 0.1) is 0 Å². The molecule has 1 aromatic rings. The molecule has 0 aliphatic rings. The van der Waals surface area contributed by atoms with Crippen LogP contribution < -0.4 is 0 Å². The van der Waals surface area contributed by atoms with Gasteiger partial charge in [0.2, 0.25) is 6.08 Å². The zero-order chi connectivity index (χ0) is 10.4. The van der Waals surface area contributed by atoms with Crippen LogP contribution in [0.25, 0.3) is 0 Å². The van der Waals surface area contributed by atoms with E-state index in [4.69, 9.17) is 0 Å². The summed E-state index contributed by atoms with van der Waals surface area (Å²) in [6.07, 6.45) is 2.24. The van der Waals surface area contributed by atoms with Crippen LogP contribution in [0.15, 0.2) is 45.9 Å². The van der Waals surface area contributed by atoms with Gasteiger partial charge in [-0.05, 0) is 24.1 Å². The summed E-state index contributed by atoms with van der Waals surface area (Å²) in [7, 11) is 0. The molecule has 0 aromatic heterocycles. The third-order valence-corrected chi connectivity index (χ3v) is 2.20. The second kappa shape index (κ2) is 5.53. The fourth-order valence-corrected chi connectivity index (χ4v) is 1.58. The van der Waals surface area contributed by atoms with Crippen LogP contribution in [-0.2, 0) is 11.2 Å². The fraction of sp³-hybridized carbons (Fsp3) is 0.182. The summed E-state index contributed by atoms with van der Waals surface area (Å²) in [5.41, 5.74) is 2.07. The van der Waals surface area contributed by atoms with E-state index >= 15 is 0 Å². The van der Waals surface area contributed by atoms with Crippen molar-refractivity contribution >= 4 is 22.0 Å². The monoisotopic (exact) mass is 251 g/mol. The smallest absolute Gasteiger partial charge is 0.211 e. The maximum absolute atomic E-state index is 9.88. The summed E-state index contributed by atoms with van der Waals surface area (Å²) in [6.45, 7) is 4.19. The molecule has 0 heterocycles. The number of benzene rings is 1. The quantitative estimate of drug-likeness (QED) is 0.460. The van der Waals surface area contributed by atoms with Gasteiger partial charge in [-0.2, -0.15) is 0 Å². The topological polar surface area (TPSA) is 29.4 Å². The Kier molecular flexibility index (Phi) is 4.30. The summed E-state index contributed by atoms with van der Waals surface area (Å²) in [6, 6.07) is 7.97. The van der Waals surface area contributed by atoms with E-state index in [-0.39, 0.29) is 0 Å². The highest BCUT2D eigenvalue weighted by atomic mass is 79.9. The molecule has 0 N–H and O–H groups in total. The highest BCUT2D eigenvalue weighted by Crippen LogP contribution is 2.14. The molecule has 0 saturated carbocycles. The van der Waals surface area contributed by atoms with Crippen LogP contribution in [0.3, 0.4) is 0 Å². The van der Waals surface area contributed by atoms with Crippen molar-refractivity contribution in [2.24, 2.45) is 4.99 Å². The largest absolute Gasteiger partial charge is 0.235 e. The van der Waals surface area contributed by atoms with Gasteiger partial charge >= 0.3 is 0 Å². The summed E-state index contributed by atoms with van der Waals surface area (Å²) in [5.74, 6) is 0. The van der Waals surface area contributed by atoms with E-state index in [0.29, 0.717) is 6.54 Å². The zero-order valence-electron chi connectivity index (χ0n) is 7.66. The first-order valence-electron chi connectivity index (χ1n) is 4.17. The predicted octanol–water partition coefficient (Wildman–Crippen LogP) is 2.88. The molecule has 0 bridgehead atoms. The van der Waals surface area contributed by atoms with E-state index in [2.05, 4.69) is 27.5 Å². The summed E-state index contributed by atoms with van der Waals surface area (Å²) >= 11 is 3.39. The molecule has 1 rings (SSSR count). The van der Waals surface area contributed by atoms with Gasteiger partial charge in [-0.25, -0.2) is 9.79 Å². The van der Waals surface area contributed by atoms with Gasteiger partial charge in [-0.15, -0.1) is 0 Å². The van der Waals surface area contributed by atoms with Crippen LogP contribution in [0.4, 0.5) is 0 Å². The van der Waals surface area contributed by atoms with Crippen molar-refractivity contribution in [2.75, 3.05) is 6.54 Å². The lowest BCUT2D eigenvalue weighted by atomic mass is 10.1. The van der Waals surface area contributed by atoms with Crippen molar-refractivity contribution < 1.29 is 4.79 Å². The number of aliphatic imine (C=N–C) groups is 1. The van der Waals surface area contributed by atoms with E-state index in [0.717, 1.165) is 22.0 Å². The van der Waals surface area contributed by atoms with Crippen molar-refractivity contribution in [3.05, 3.63) is 46.5 Å². The minimum atomic E-state index is 0.357. The molecule has 0 aliphatic heterocycles. The van der Waals surface area contributed by atoms with E-state index < -0.39 is 0 Å². The SMILES string of the molecule is C=C(CN=C=O)Cc1cccc(Br)c1. The van der Waals surface area contributed by atoms with Gasteiger partial charge in [0.25, 0.3) is 0 Å².